The van der Waals surface area contributed by atoms with E-state index in [0.29, 0.717) is 19.3 Å². The summed E-state index contributed by atoms with van der Waals surface area (Å²) in [6, 6.07) is 0. The smallest absolute Gasteiger partial charge is 0.306 e. The Bertz CT molecular complexity index is 1380. The molecule has 0 N–H and O–H groups in total. The van der Waals surface area contributed by atoms with Crippen LogP contribution in [0.3, 0.4) is 0 Å². The van der Waals surface area contributed by atoms with E-state index in [4.69, 9.17) is 14.2 Å². The Labute approximate surface area is 445 Å². The summed E-state index contributed by atoms with van der Waals surface area (Å²) in [6.45, 7) is 6.41. The number of carbonyl (C=O) groups excluding carboxylic acids is 3. The summed E-state index contributed by atoms with van der Waals surface area (Å²) in [4.78, 5) is 38.2. The number of esters is 3. The summed E-state index contributed by atoms with van der Waals surface area (Å²) in [5.41, 5.74) is 0. The average molecular weight is 1000 g/mol. The molecule has 0 radical (unpaired) electrons. The van der Waals surface area contributed by atoms with E-state index in [2.05, 4.69) is 106 Å². The fraction of sp³-hybridized carbons (Fsp3) is 0.742. The average Bonchev–Trinajstić information content (AvgIpc) is 3.38. The quantitative estimate of drug-likeness (QED) is 0.0261. The molecule has 6 heteroatoms. The highest BCUT2D eigenvalue weighted by Crippen LogP contribution is 2.17. The lowest BCUT2D eigenvalue weighted by atomic mass is 10.0. The molecular weight excluding hydrogens is 889 g/mol. The van der Waals surface area contributed by atoms with Crippen LogP contribution < -0.4 is 0 Å². The second kappa shape index (κ2) is 60.1. The van der Waals surface area contributed by atoms with Crippen LogP contribution in [-0.2, 0) is 28.6 Å². The molecule has 0 saturated carbocycles. The molecule has 1 unspecified atom stereocenters. The minimum atomic E-state index is -0.796. The van der Waals surface area contributed by atoms with E-state index in [1.54, 1.807) is 0 Å². The van der Waals surface area contributed by atoms with E-state index in [0.717, 1.165) is 122 Å². The maximum Gasteiger partial charge on any atom is 0.306 e. The van der Waals surface area contributed by atoms with E-state index in [9.17, 15) is 14.4 Å². The Morgan fingerprint density at radius 3 is 0.861 bits per heavy atom. The third-order valence-corrected chi connectivity index (χ3v) is 13.1. The van der Waals surface area contributed by atoms with E-state index in [1.165, 1.54) is 135 Å². The van der Waals surface area contributed by atoms with Crippen LogP contribution in [0.4, 0.5) is 0 Å². The fourth-order valence-corrected chi connectivity index (χ4v) is 8.63. The van der Waals surface area contributed by atoms with Crippen LogP contribution in [0.1, 0.15) is 297 Å². The number of allylic oxidation sites excluding steroid dienone is 14. The predicted molar refractivity (Wildman–Crippen MR) is 311 cm³/mol. The maximum absolute atomic E-state index is 12.9. The van der Waals surface area contributed by atoms with Crippen LogP contribution in [0.25, 0.3) is 0 Å². The van der Waals surface area contributed by atoms with Crippen LogP contribution in [0.2, 0.25) is 0 Å². The van der Waals surface area contributed by atoms with E-state index in [-0.39, 0.29) is 31.1 Å². The molecule has 0 amide bonds. The molecule has 0 aliphatic heterocycles. The largest absolute Gasteiger partial charge is 0.462 e. The Morgan fingerprint density at radius 1 is 0.292 bits per heavy atom. The zero-order chi connectivity index (χ0) is 52.2. The molecular formula is C66H114O6. The van der Waals surface area contributed by atoms with Gasteiger partial charge in [-0.1, -0.05) is 273 Å². The molecule has 0 bridgehead atoms. The van der Waals surface area contributed by atoms with Gasteiger partial charge in [0.1, 0.15) is 13.2 Å². The van der Waals surface area contributed by atoms with Crippen molar-refractivity contribution >= 4 is 17.9 Å². The molecule has 0 rings (SSSR count). The van der Waals surface area contributed by atoms with Crippen LogP contribution in [0.5, 0.6) is 0 Å². The van der Waals surface area contributed by atoms with E-state index < -0.39 is 6.10 Å². The summed E-state index contributed by atoms with van der Waals surface area (Å²) in [6.07, 6.45) is 78.8. The fourth-order valence-electron chi connectivity index (χ4n) is 8.63. The molecule has 0 saturated heterocycles. The first kappa shape index (κ1) is 68.6. The zero-order valence-electron chi connectivity index (χ0n) is 47.4. The molecule has 0 aromatic carbocycles. The normalized spacial score (nSPS) is 12.7. The van der Waals surface area contributed by atoms with Crippen molar-refractivity contribution in [1.82, 2.24) is 0 Å². The summed E-state index contributed by atoms with van der Waals surface area (Å²) in [5, 5.41) is 0. The molecule has 0 spiro atoms. The Kier molecular flexibility index (Phi) is 57.3. The lowest BCUT2D eigenvalue weighted by molar-refractivity contribution is -0.167. The highest BCUT2D eigenvalue weighted by Gasteiger charge is 2.19. The molecule has 0 aliphatic rings. The first-order valence-electron chi connectivity index (χ1n) is 30.6. The third-order valence-electron chi connectivity index (χ3n) is 13.1. The lowest BCUT2D eigenvalue weighted by Gasteiger charge is -2.18. The Morgan fingerprint density at radius 2 is 0.542 bits per heavy atom. The van der Waals surface area contributed by atoms with E-state index in [1.807, 2.05) is 0 Å². The molecule has 0 fully saturated rings. The molecule has 0 aromatic rings. The van der Waals surface area contributed by atoms with Gasteiger partial charge < -0.3 is 14.2 Å². The second-order valence-corrected chi connectivity index (χ2v) is 20.2. The molecule has 0 aromatic heterocycles. The Balaban J connectivity index is 4.35. The van der Waals surface area contributed by atoms with Crippen LogP contribution in [0.15, 0.2) is 85.1 Å². The van der Waals surface area contributed by atoms with Gasteiger partial charge in [0, 0.05) is 19.3 Å². The van der Waals surface area contributed by atoms with Crippen molar-refractivity contribution in [3.8, 4) is 0 Å². The van der Waals surface area contributed by atoms with Crippen LogP contribution >= 0.6 is 0 Å². The van der Waals surface area contributed by atoms with Gasteiger partial charge in [-0.05, 0) is 89.9 Å². The molecule has 6 nitrogen and oxygen atoms in total. The van der Waals surface area contributed by atoms with Gasteiger partial charge in [-0.25, -0.2) is 0 Å². The van der Waals surface area contributed by atoms with Crippen molar-refractivity contribution in [2.24, 2.45) is 0 Å². The Hall–Kier alpha value is -3.41. The summed E-state index contributed by atoms with van der Waals surface area (Å²) >= 11 is 0. The highest BCUT2D eigenvalue weighted by atomic mass is 16.6. The maximum atomic E-state index is 12.9. The minimum Gasteiger partial charge on any atom is -0.462 e. The van der Waals surface area contributed by atoms with Gasteiger partial charge in [0.15, 0.2) is 6.10 Å². The third kappa shape index (κ3) is 57.5. The van der Waals surface area contributed by atoms with Crippen LogP contribution in [-0.4, -0.2) is 37.2 Å². The van der Waals surface area contributed by atoms with Crippen molar-refractivity contribution in [1.29, 1.82) is 0 Å². The highest BCUT2D eigenvalue weighted by molar-refractivity contribution is 5.71. The van der Waals surface area contributed by atoms with Gasteiger partial charge in [-0.3, -0.25) is 14.4 Å². The van der Waals surface area contributed by atoms with Gasteiger partial charge in [0.25, 0.3) is 0 Å². The SMILES string of the molecule is CC/C=C\C/C=C\C/C=C\C/C=C\CCCCCCCCC(=O)OC(COC(=O)CCCCC/C=C\C/C=C\C/C=C\CC)COC(=O)CCCCCCCCCCCCCCCCCCCCCCCC. The molecule has 414 valence electrons. The number of carbonyl (C=O) groups is 3. The zero-order valence-corrected chi connectivity index (χ0v) is 47.4. The number of rotatable bonds is 55. The number of hydrogen-bond acceptors (Lipinski definition) is 6. The summed E-state index contributed by atoms with van der Waals surface area (Å²) < 4.78 is 16.9. The summed E-state index contributed by atoms with van der Waals surface area (Å²) in [7, 11) is 0. The second-order valence-electron chi connectivity index (χ2n) is 20.2. The van der Waals surface area contributed by atoms with Crippen LogP contribution in [0, 0.1) is 0 Å². The molecule has 0 aliphatic carbocycles. The topological polar surface area (TPSA) is 78.9 Å². The van der Waals surface area contributed by atoms with Crippen molar-refractivity contribution in [2.45, 2.75) is 303 Å². The van der Waals surface area contributed by atoms with Gasteiger partial charge in [-0.15, -0.1) is 0 Å². The lowest BCUT2D eigenvalue weighted by Crippen LogP contribution is -2.30. The van der Waals surface area contributed by atoms with Gasteiger partial charge in [-0.2, -0.15) is 0 Å². The molecule has 1 atom stereocenters. The number of unbranched alkanes of at least 4 members (excludes halogenated alkanes) is 30. The van der Waals surface area contributed by atoms with Crippen molar-refractivity contribution in [3.05, 3.63) is 85.1 Å². The first-order valence-corrected chi connectivity index (χ1v) is 30.6. The van der Waals surface area contributed by atoms with Gasteiger partial charge in [0.2, 0.25) is 0 Å². The van der Waals surface area contributed by atoms with Gasteiger partial charge >= 0.3 is 17.9 Å². The molecule has 0 heterocycles. The van der Waals surface area contributed by atoms with Crippen molar-refractivity contribution in [2.75, 3.05) is 13.2 Å². The number of ether oxygens (including phenoxy) is 3. The first-order chi connectivity index (χ1) is 35.5. The standard InChI is InChI=1S/C66H114O6/c1-4-7-10-13-16-19-22-25-27-29-31-32-33-35-36-38-41-44-47-50-53-56-59-65(68)71-62-63(61-70-64(67)58-55-52-49-46-43-40-24-21-18-15-12-9-6-3)72-66(69)60-57-54-51-48-45-42-39-37-34-30-28-26-23-20-17-14-11-8-5-2/h8-9,11-12,17-18,20-21,26,28,34,37,40,43,63H,4-7,10,13-16,19,22-25,27,29-33,35-36,38-39,41-42,44-62H2,1-3H3/b11-8-,12-9-,20-17-,21-18-,28-26-,37-34-,43-40-. The van der Waals surface area contributed by atoms with E-state index >= 15 is 0 Å². The summed E-state index contributed by atoms with van der Waals surface area (Å²) in [5.74, 6) is -0.924. The number of hydrogen-bond donors (Lipinski definition) is 0. The monoisotopic (exact) mass is 1000 g/mol. The minimum absolute atomic E-state index is 0.0899. The van der Waals surface area contributed by atoms with Crippen molar-refractivity contribution in [3.63, 3.8) is 0 Å². The molecule has 72 heavy (non-hydrogen) atoms. The predicted octanol–water partition coefficient (Wildman–Crippen LogP) is 20.7. The van der Waals surface area contributed by atoms with Gasteiger partial charge in [0.05, 0.1) is 0 Å². The van der Waals surface area contributed by atoms with Crippen molar-refractivity contribution < 1.29 is 28.6 Å².